The molecule has 0 aliphatic heterocycles. The molecule has 0 aliphatic rings. The van der Waals surface area contributed by atoms with Crippen molar-refractivity contribution in [1.82, 2.24) is 5.32 Å². The molecule has 0 saturated carbocycles. The molecule has 8 heteroatoms. The summed E-state index contributed by atoms with van der Waals surface area (Å²) < 4.78 is 26.3. The molecule has 3 amide bonds. The molecule has 3 N–H and O–H groups in total. The average molecular weight is 366 g/mol. The number of nitrogens with one attached hydrogen (secondary N) is 3. The summed E-state index contributed by atoms with van der Waals surface area (Å²) in [6.45, 7) is 3.81. The second-order valence-corrected chi connectivity index (χ2v) is 5.31. The third kappa shape index (κ3) is 5.02. The molecule has 0 fully saturated rings. The second-order valence-electron chi connectivity index (χ2n) is 4.90. The third-order valence-electron chi connectivity index (χ3n) is 3.06. The van der Waals surface area contributed by atoms with Gasteiger partial charge in [-0.15, -0.1) is 6.58 Å². The van der Waals surface area contributed by atoms with Crippen LogP contribution in [0.25, 0.3) is 0 Å². The number of hydrogen-bond acceptors (Lipinski definition) is 2. The molecule has 0 aliphatic carbocycles. The molecule has 2 aromatic rings. The van der Waals surface area contributed by atoms with E-state index in [-0.39, 0.29) is 10.6 Å². The maximum atomic E-state index is 13.3. The minimum Gasteiger partial charge on any atom is -0.334 e. The van der Waals surface area contributed by atoms with Gasteiger partial charge in [-0.25, -0.2) is 13.6 Å². The van der Waals surface area contributed by atoms with Crippen molar-refractivity contribution in [2.75, 3.05) is 17.2 Å². The summed E-state index contributed by atoms with van der Waals surface area (Å²) >= 11 is 5.76. The number of rotatable bonds is 5. The lowest BCUT2D eigenvalue weighted by molar-refractivity contribution is 0.102. The number of hydrogen-bond donors (Lipinski definition) is 3. The van der Waals surface area contributed by atoms with Gasteiger partial charge in [0.1, 0.15) is 0 Å². The molecule has 0 atom stereocenters. The van der Waals surface area contributed by atoms with Gasteiger partial charge in [0.15, 0.2) is 11.6 Å². The predicted octanol–water partition coefficient (Wildman–Crippen LogP) is 4.18. The summed E-state index contributed by atoms with van der Waals surface area (Å²) in [5.41, 5.74) is 0.708. The molecule has 2 aromatic carbocycles. The van der Waals surface area contributed by atoms with Crippen molar-refractivity contribution < 1.29 is 18.4 Å². The Morgan fingerprint density at radius 1 is 1.04 bits per heavy atom. The van der Waals surface area contributed by atoms with Gasteiger partial charge < -0.3 is 16.0 Å². The van der Waals surface area contributed by atoms with Crippen molar-refractivity contribution >= 4 is 34.9 Å². The van der Waals surface area contributed by atoms with E-state index in [0.717, 1.165) is 12.1 Å². The van der Waals surface area contributed by atoms with Crippen LogP contribution in [0, 0.1) is 11.6 Å². The van der Waals surface area contributed by atoms with Crippen molar-refractivity contribution in [2.45, 2.75) is 0 Å². The van der Waals surface area contributed by atoms with E-state index >= 15 is 0 Å². The number of benzene rings is 2. The molecule has 0 bridgehead atoms. The number of halogens is 3. The highest BCUT2D eigenvalue weighted by Crippen LogP contribution is 2.22. The van der Waals surface area contributed by atoms with E-state index < -0.39 is 23.6 Å². The van der Waals surface area contributed by atoms with Crippen LogP contribution in [0.5, 0.6) is 0 Å². The number of carbonyl (C=O) groups excluding carboxylic acids is 2. The van der Waals surface area contributed by atoms with Crippen LogP contribution in [0.1, 0.15) is 10.4 Å². The lowest BCUT2D eigenvalue weighted by Crippen LogP contribution is -2.28. The van der Waals surface area contributed by atoms with Gasteiger partial charge in [-0.2, -0.15) is 0 Å². The van der Waals surface area contributed by atoms with Crippen molar-refractivity contribution in [3.8, 4) is 0 Å². The van der Waals surface area contributed by atoms with Gasteiger partial charge in [0.05, 0.1) is 10.6 Å². The Labute approximate surface area is 147 Å². The molecule has 130 valence electrons. The Bertz CT molecular complexity index is 810. The number of anilines is 2. The first-order valence-corrected chi connectivity index (χ1v) is 7.50. The number of amides is 3. The summed E-state index contributed by atoms with van der Waals surface area (Å²) in [7, 11) is 0. The van der Waals surface area contributed by atoms with E-state index in [9.17, 15) is 18.4 Å². The van der Waals surface area contributed by atoms with Crippen molar-refractivity contribution in [1.29, 1.82) is 0 Å². The fraction of sp³-hybridized carbons (Fsp3) is 0.0588. The van der Waals surface area contributed by atoms with E-state index in [1.54, 1.807) is 18.2 Å². The fourth-order valence-electron chi connectivity index (χ4n) is 1.87. The molecule has 25 heavy (non-hydrogen) atoms. The molecule has 0 unspecified atom stereocenters. The first-order chi connectivity index (χ1) is 11.9. The SMILES string of the molecule is C=CCNC(=O)Nc1ccc(NC(=O)c2cc(F)c(F)cc2Cl)cc1. The Kier molecular flexibility index (Phi) is 6.08. The zero-order chi connectivity index (χ0) is 18.4. The lowest BCUT2D eigenvalue weighted by atomic mass is 10.2. The molecular formula is C17H14ClF2N3O2. The van der Waals surface area contributed by atoms with Gasteiger partial charge in [0, 0.05) is 17.9 Å². The third-order valence-corrected chi connectivity index (χ3v) is 3.37. The van der Waals surface area contributed by atoms with E-state index in [0.29, 0.717) is 17.9 Å². The predicted molar refractivity (Wildman–Crippen MR) is 93.0 cm³/mol. The molecular weight excluding hydrogens is 352 g/mol. The van der Waals surface area contributed by atoms with Gasteiger partial charge in [0.25, 0.3) is 5.91 Å². The highest BCUT2D eigenvalue weighted by Gasteiger charge is 2.15. The van der Waals surface area contributed by atoms with E-state index in [4.69, 9.17) is 11.6 Å². The lowest BCUT2D eigenvalue weighted by Gasteiger charge is -2.09. The first-order valence-electron chi connectivity index (χ1n) is 7.12. The van der Waals surface area contributed by atoms with Gasteiger partial charge in [0.2, 0.25) is 0 Å². The van der Waals surface area contributed by atoms with Crippen molar-refractivity contribution in [3.05, 3.63) is 71.3 Å². The largest absolute Gasteiger partial charge is 0.334 e. The molecule has 0 saturated heterocycles. The summed E-state index contributed by atoms with van der Waals surface area (Å²) in [5, 5.41) is 7.44. The quantitative estimate of drug-likeness (QED) is 0.549. The summed E-state index contributed by atoms with van der Waals surface area (Å²) in [4.78, 5) is 23.6. The monoisotopic (exact) mass is 365 g/mol. The molecule has 0 spiro atoms. The fourth-order valence-corrected chi connectivity index (χ4v) is 2.11. The molecule has 0 aromatic heterocycles. The first kappa shape index (κ1) is 18.4. The van der Waals surface area contributed by atoms with Crippen molar-refractivity contribution in [3.63, 3.8) is 0 Å². The molecule has 2 rings (SSSR count). The topological polar surface area (TPSA) is 70.2 Å². The summed E-state index contributed by atoms with van der Waals surface area (Å²) in [6.07, 6.45) is 1.54. The van der Waals surface area contributed by atoms with Gasteiger partial charge >= 0.3 is 6.03 Å². The van der Waals surface area contributed by atoms with Crippen LogP contribution >= 0.6 is 11.6 Å². The van der Waals surface area contributed by atoms with Gasteiger partial charge in [-0.05, 0) is 36.4 Å². The van der Waals surface area contributed by atoms with E-state index in [2.05, 4.69) is 22.5 Å². The van der Waals surface area contributed by atoms with Gasteiger partial charge in [-0.3, -0.25) is 4.79 Å². The van der Waals surface area contributed by atoms with Crippen LogP contribution in [0.4, 0.5) is 25.0 Å². The normalized spacial score (nSPS) is 10.0. The zero-order valence-electron chi connectivity index (χ0n) is 12.9. The van der Waals surface area contributed by atoms with Crippen LogP contribution in [-0.2, 0) is 0 Å². The highest BCUT2D eigenvalue weighted by atomic mass is 35.5. The highest BCUT2D eigenvalue weighted by molar-refractivity contribution is 6.34. The molecule has 0 heterocycles. The smallest absolute Gasteiger partial charge is 0.319 e. The minimum atomic E-state index is -1.17. The van der Waals surface area contributed by atoms with E-state index in [1.165, 1.54) is 12.1 Å². The summed E-state index contributed by atoms with van der Waals surface area (Å²) in [5.74, 6) is -2.99. The minimum absolute atomic E-state index is 0.188. The molecule has 0 radical (unpaired) electrons. The zero-order valence-corrected chi connectivity index (χ0v) is 13.7. The molecule has 5 nitrogen and oxygen atoms in total. The Morgan fingerprint density at radius 2 is 1.60 bits per heavy atom. The Hall–Kier alpha value is -2.93. The standard InChI is InChI=1S/C17H14ClF2N3O2/c1-2-7-21-17(25)23-11-5-3-10(4-6-11)22-16(24)12-8-14(19)15(20)9-13(12)18/h2-6,8-9H,1,7H2,(H,22,24)(H2,21,23,25). The number of urea groups is 1. The van der Waals surface area contributed by atoms with Crippen LogP contribution < -0.4 is 16.0 Å². The van der Waals surface area contributed by atoms with Crippen LogP contribution in [-0.4, -0.2) is 18.5 Å². The summed E-state index contributed by atoms with van der Waals surface area (Å²) in [6, 6.07) is 7.27. The Morgan fingerprint density at radius 3 is 2.20 bits per heavy atom. The average Bonchev–Trinajstić information content (AvgIpc) is 2.58. The van der Waals surface area contributed by atoms with E-state index in [1.807, 2.05) is 0 Å². The maximum absolute atomic E-state index is 13.3. The van der Waals surface area contributed by atoms with Crippen LogP contribution in [0.15, 0.2) is 49.1 Å². The Balaban J connectivity index is 2.03. The van der Waals surface area contributed by atoms with Gasteiger partial charge in [-0.1, -0.05) is 17.7 Å². The maximum Gasteiger partial charge on any atom is 0.319 e. The van der Waals surface area contributed by atoms with Crippen molar-refractivity contribution in [2.24, 2.45) is 0 Å². The van der Waals surface area contributed by atoms with Crippen LogP contribution in [0.2, 0.25) is 5.02 Å². The second kappa shape index (κ2) is 8.25. The van der Waals surface area contributed by atoms with Crippen LogP contribution in [0.3, 0.4) is 0 Å². The number of carbonyl (C=O) groups is 2.